The minimum absolute atomic E-state index is 0.119. The van der Waals surface area contributed by atoms with Gasteiger partial charge in [0.1, 0.15) is 5.75 Å². The number of amides is 1. The Morgan fingerprint density at radius 3 is 2.21 bits per heavy atom. The van der Waals surface area contributed by atoms with E-state index in [9.17, 15) is 13.2 Å². The fraction of sp³-hybridized carbons (Fsp3) is 0.242. The van der Waals surface area contributed by atoms with Crippen LogP contribution in [-0.2, 0) is 16.6 Å². The summed E-state index contributed by atoms with van der Waals surface area (Å²) in [5.41, 5.74) is 5.76. The zero-order valence-corrected chi connectivity index (χ0v) is 24.9. The highest BCUT2D eigenvalue weighted by Crippen LogP contribution is 2.28. The summed E-state index contributed by atoms with van der Waals surface area (Å²) in [6.45, 7) is 8.35. The van der Waals surface area contributed by atoms with Crippen LogP contribution in [0.25, 0.3) is 0 Å². The summed E-state index contributed by atoms with van der Waals surface area (Å²) in [6, 6.07) is 27.4. The Kier molecular flexibility index (Phi) is 8.80. The van der Waals surface area contributed by atoms with Crippen molar-refractivity contribution >= 4 is 33.0 Å². The Bertz CT molecular complexity index is 1650. The van der Waals surface area contributed by atoms with Gasteiger partial charge in [-0.1, -0.05) is 42.0 Å². The average Bonchev–Trinajstić information content (AvgIpc) is 2.99. The van der Waals surface area contributed by atoms with Crippen LogP contribution in [0.15, 0.2) is 95.9 Å². The van der Waals surface area contributed by atoms with E-state index in [1.807, 2.05) is 68.4 Å². The standard InChI is InChI=1S/C33H36N4O4S/c1-24-8-17-30(25(2)22-24)35-42(39,40)29-15-13-28(14-16-29)34-33(38)27-11-9-26(10-12-27)23-36-18-20-37(21-19-36)31-6-4-5-7-32(31)41-3/h4-17,22,35H,18-21,23H2,1-3H3,(H,34,38). The summed E-state index contributed by atoms with van der Waals surface area (Å²) >= 11 is 0. The van der Waals surface area contributed by atoms with Crippen LogP contribution < -0.4 is 19.7 Å². The van der Waals surface area contributed by atoms with Gasteiger partial charge in [-0.15, -0.1) is 0 Å². The van der Waals surface area contributed by atoms with Crippen LogP contribution in [0.1, 0.15) is 27.0 Å². The second kappa shape index (κ2) is 12.7. The van der Waals surface area contributed by atoms with E-state index in [1.54, 1.807) is 25.3 Å². The first-order valence-electron chi connectivity index (χ1n) is 13.9. The highest BCUT2D eigenvalue weighted by atomic mass is 32.2. The minimum Gasteiger partial charge on any atom is -0.495 e. The molecule has 0 unspecified atom stereocenters. The van der Waals surface area contributed by atoms with E-state index < -0.39 is 10.0 Å². The number of para-hydroxylation sites is 2. The molecule has 0 bridgehead atoms. The van der Waals surface area contributed by atoms with Crippen molar-refractivity contribution in [1.29, 1.82) is 0 Å². The average molecular weight is 585 g/mol. The molecule has 1 amide bonds. The quantitative estimate of drug-likeness (QED) is 0.263. The number of carbonyl (C=O) groups excluding carboxylic acids is 1. The largest absolute Gasteiger partial charge is 0.495 e. The third-order valence-corrected chi connectivity index (χ3v) is 8.85. The number of benzene rings is 4. The number of methoxy groups -OCH3 is 1. The number of nitrogens with zero attached hydrogens (tertiary/aromatic N) is 2. The van der Waals surface area contributed by atoms with Gasteiger partial charge < -0.3 is 15.0 Å². The van der Waals surface area contributed by atoms with Gasteiger partial charge >= 0.3 is 0 Å². The Morgan fingerprint density at radius 2 is 1.55 bits per heavy atom. The van der Waals surface area contributed by atoms with Gasteiger partial charge in [-0.2, -0.15) is 0 Å². The Balaban J connectivity index is 1.14. The molecule has 1 fully saturated rings. The first kappa shape index (κ1) is 29.2. The van der Waals surface area contributed by atoms with Gasteiger partial charge in [-0.05, 0) is 79.6 Å². The molecule has 0 aromatic heterocycles. The monoisotopic (exact) mass is 584 g/mol. The van der Waals surface area contributed by atoms with E-state index in [2.05, 4.69) is 25.9 Å². The molecule has 4 aromatic carbocycles. The lowest BCUT2D eigenvalue weighted by molar-refractivity contribution is 0.102. The van der Waals surface area contributed by atoms with Crippen LogP contribution in [-0.4, -0.2) is 52.5 Å². The van der Waals surface area contributed by atoms with Crippen molar-refractivity contribution in [2.75, 3.05) is 48.2 Å². The zero-order chi connectivity index (χ0) is 29.7. The molecule has 1 aliphatic heterocycles. The van der Waals surface area contributed by atoms with Crippen molar-refractivity contribution in [2.45, 2.75) is 25.3 Å². The Labute approximate surface area is 248 Å². The van der Waals surface area contributed by atoms with Crippen LogP contribution in [0.4, 0.5) is 17.1 Å². The first-order valence-corrected chi connectivity index (χ1v) is 15.4. The van der Waals surface area contributed by atoms with Gasteiger partial charge in [0.25, 0.3) is 15.9 Å². The van der Waals surface area contributed by atoms with E-state index in [-0.39, 0.29) is 10.8 Å². The maximum Gasteiger partial charge on any atom is 0.261 e. The fourth-order valence-electron chi connectivity index (χ4n) is 5.11. The number of sulfonamides is 1. The third-order valence-electron chi connectivity index (χ3n) is 7.47. The number of hydrogen-bond donors (Lipinski definition) is 2. The number of nitrogens with one attached hydrogen (secondary N) is 2. The molecule has 0 radical (unpaired) electrons. The van der Waals surface area contributed by atoms with E-state index in [4.69, 9.17) is 4.74 Å². The molecule has 1 saturated heterocycles. The van der Waals surface area contributed by atoms with E-state index >= 15 is 0 Å². The van der Waals surface area contributed by atoms with Gasteiger partial charge in [-0.25, -0.2) is 8.42 Å². The Morgan fingerprint density at radius 1 is 0.857 bits per heavy atom. The minimum atomic E-state index is -3.76. The molecule has 218 valence electrons. The molecule has 42 heavy (non-hydrogen) atoms. The van der Waals surface area contributed by atoms with Gasteiger partial charge in [0.05, 0.1) is 23.4 Å². The van der Waals surface area contributed by atoms with Gasteiger partial charge in [0.15, 0.2) is 0 Å². The molecule has 0 spiro atoms. The maximum absolute atomic E-state index is 12.9. The summed E-state index contributed by atoms with van der Waals surface area (Å²) in [5, 5.41) is 2.85. The van der Waals surface area contributed by atoms with Crippen LogP contribution in [0.5, 0.6) is 5.75 Å². The lowest BCUT2D eigenvalue weighted by Gasteiger charge is -2.36. The molecule has 0 aliphatic carbocycles. The van der Waals surface area contributed by atoms with E-state index in [0.717, 1.165) is 60.9 Å². The van der Waals surface area contributed by atoms with Gasteiger partial charge in [-0.3, -0.25) is 14.4 Å². The number of ether oxygens (including phenoxy) is 1. The highest BCUT2D eigenvalue weighted by Gasteiger charge is 2.20. The lowest BCUT2D eigenvalue weighted by Crippen LogP contribution is -2.46. The summed E-state index contributed by atoms with van der Waals surface area (Å²) in [5.74, 6) is 0.641. The predicted octanol–water partition coefficient (Wildman–Crippen LogP) is 5.69. The number of hydrogen-bond acceptors (Lipinski definition) is 6. The van der Waals surface area contributed by atoms with Gasteiger partial charge in [0, 0.05) is 44.0 Å². The number of anilines is 3. The zero-order valence-electron chi connectivity index (χ0n) is 24.1. The second-order valence-electron chi connectivity index (χ2n) is 10.5. The smallest absolute Gasteiger partial charge is 0.261 e. The van der Waals surface area contributed by atoms with Crippen LogP contribution in [0, 0.1) is 13.8 Å². The first-order chi connectivity index (χ1) is 20.2. The molecule has 1 heterocycles. The molecule has 0 saturated carbocycles. The summed E-state index contributed by atoms with van der Waals surface area (Å²) in [6.07, 6.45) is 0. The van der Waals surface area contributed by atoms with Crippen molar-refractivity contribution in [1.82, 2.24) is 4.90 Å². The summed E-state index contributed by atoms with van der Waals surface area (Å²) < 4.78 is 33.9. The normalized spacial score (nSPS) is 13.9. The predicted molar refractivity (Wildman–Crippen MR) is 168 cm³/mol. The van der Waals surface area contributed by atoms with E-state index in [0.29, 0.717) is 16.9 Å². The van der Waals surface area contributed by atoms with Crippen molar-refractivity contribution in [2.24, 2.45) is 0 Å². The summed E-state index contributed by atoms with van der Waals surface area (Å²) in [4.78, 5) is 17.7. The molecule has 2 N–H and O–H groups in total. The Hall–Kier alpha value is -4.34. The fourth-order valence-corrected chi connectivity index (χ4v) is 6.24. The topological polar surface area (TPSA) is 91.0 Å². The number of piperazine rings is 1. The second-order valence-corrected chi connectivity index (χ2v) is 12.2. The number of carbonyl (C=O) groups is 1. The van der Waals surface area contributed by atoms with E-state index in [1.165, 1.54) is 12.1 Å². The molecule has 8 nitrogen and oxygen atoms in total. The van der Waals surface area contributed by atoms with Crippen molar-refractivity contribution in [3.63, 3.8) is 0 Å². The van der Waals surface area contributed by atoms with Crippen LogP contribution in [0.2, 0.25) is 0 Å². The van der Waals surface area contributed by atoms with Crippen LogP contribution in [0.3, 0.4) is 0 Å². The number of aryl methyl sites for hydroxylation is 2. The highest BCUT2D eigenvalue weighted by molar-refractivity contribution is 7.92. The third kappa shape index (κ3) is 6.92. The number of rotatable bonds is 9. The molecule has 1 aliphatic rings. The molecule has 9 heteroatoms. The maximum atomic E-state index is 12.9. The molecule has 0 atom stereocenters. The van der Waals surface area contributed by atoms with Gasteiger partial charge in [0.2, 0.25) is 0 Å². The van der Waals surface area contributed by atoms with Crippen molar-refractivity contribution < 1.29 is 17.9 Å². The molecule has 4 aromatic rings. The molecular formula is C33H36N4O4S. The molecule has 5 rings (SSSR count). The molecular weight excluding hydrogens is 548 g/mol. The van der Waals surface area contributed by atoms with Crippen molar-refractivity contribution in [3.8, 4) is 5.75 Å². The SMILES string of the molecule is COc1ccccc1N1CCN(Cc2ccc(C(=O)Nc3ccc(S(=O)(=O)Nc4ccc(C)cc4C)cc3)cc2)CC1. The lowest BCUT2D eigenvalue weighted by atomic mass is 10.1. The summed E-state index contributed by atoms with van der Waals surface area (Å²) in [7, 11) is -2.06. The van der Waals surface area contributed by atoms with Crippen molar-refractivity contribution in [3.05, 3.63) is 113 Å². The van der Waals surface area contributed by atoms with Crippen LogP contribution >= 0.6 is 0 Å².